The molecule has 2 heterocycles. The number of aromatic nitrogens is 1. The fraction of sp³-hybridized carbons (Fsp3) is 0.211. The summed E-state index contributed by atoms with van der Waals surface area (Å²) in [4.78, 5) is 28.2. The SMILES string of the molecule is O=C(COc1ccccc1[N+](=O)[O-])N1CCc2[nH]c3ccccc3c2C1. The lowest BCUT2D eigenvalue weighted by molar-refractivity contribution is -0.385. The number of H-pyrrole nitrogens is 1. The van der Waals surface area contributed by atoms with E-state index in [4.69, 9.17) is 4.74 Å². The van der Waals surface area contributed by atoms with Crippen LogP contribution in [0.25, 0.3) is 10.9 Å². The number of hydrogen-bond acceptors (Lipinski definition) is 4. The molecule has 1 amide bonds. The summed E-state index contributed by atoms with van der Waals surface area (Å²) in [5.74, 6) is -0.0743. The van der Waals surface area contributed by atoms with Gasteiger partial charge in [-0.1, -0.05) is 30.3 Å². The molecule has 0 atom stereocenters. The van der Waals surface area contributed by atoms with Crippen molar-refractivity contribution in [3.8, 4) is 5.75 Å². The first-order valence-corrected chi connectivity index (χ1v) is 8.36. The molecule has 7 nitrogen and oxygen atoms in total. The van der Waals surface area contributed by atoms with E-state index < -0.39 is 4.92 Å². The highest BCUT2D eigenvalue weighted by Gasteiger charge is 2.25. The van der Waals surface area contributed by atoms with Crippen LogP contribution in [0.1, 0.15) is 11.3 Å². The summed E-state index contributed by atoms with van der Waals surface area (Å²) in [7, 11) is 0. The van der Waals surface area contributed by atoms with Gasteiger partial charge in [-0.15, -0.1) is 0 Å². The van der Waals surface area contributed by atoms with E-state index in [1.165, 1.54) is 12.1 Å². The third kappa shape index (κ3) is 2.88. The van der Waals surface area contributed by atoms with Crippen molar-refractivity contribution in [2.24, 2.45) is 0 Å². The van der Waals surface area contributed by atoms with Gasteiger partial charge in [-0.05, 0) is 12.1 Å². The number of nitrogens with zero attached hydrogens (tertiary/aromatic N) is 2. The lowest BCUT2D eigenvalue weighted by atomic mass is 10.0. The number of amides is 1. The first-order chi connectivity index (χ1) is 12.6. The topological polar surface area (TPSA) is 88.5 Å². The van der Waals surface area contributed by atoms with Gasteiger partial charge in [0.15, 0.2) is 12.4 Å². The van der Waals surface area contributed by atoms with Crippen molar-refractivity contribution in [1.82, 2.24) is 9.88 Å². The normalized spacial score (nSPS) is 13.5. The number of benzene rings is 2. The molecule has 0 aliphatic carbocycles. The molecule has 1 aliphatic rings. The molecule has 1 aliphatic heterocycles. The van der Waals surface area contributed by atoms with Gasteiger partial charge in [0, 0.05) is 47.7 Å². The van der Waals surface area contributed by atoms with Crippen molar-refractivity contribution < 1.29 is 14.5 Å². The number of fused-ring (bicyclic) bond motifs is 3. The van der Waals surface area contributed by atoms with Crippen LogP contribution in [0.4, 0.5) is 5.69 Å². The van der Waals surface area contributed by atoms with Crippen molar-refractivity contribution in [3.63, 3.8) is 0 Å². The van der Waals surface area contributed by atoms with Crippen molar-refractivity contribution in [2.45, 2.75) is 13.0 Å². The van der Waals surface area contributed by atoms with E-state index in [-0.39, 0.29) is 24.0 Å². The van der Waals surface area contributed by atoms with Crippen LogP contribution < -0.4 is 4.74 Å². The number of hydrogen-bond donors (Lipinski definition) is 1. The fourth-order valence-corrected chi connectivity index (χ4v) is 3.34. The molecule has 0 fully saturated rings. The number of para-hydroxylation sites is 3. The molecule has 0 unspecified atom stereocenters. The van der Waals surface area contributed by atoms with Crippen LogP contribution in [0.2, 0.25) is 0 Å². The van der Waals surface area contributed by atoms with Crippen LogP contribution in [0, 0.1) is 10.1 Å². The minimum absolute atomic E-state index is 0.107. The summed E-state index contributed by atoms with van der Waals surface area (Å²) in [6.07, 6.45) is 0.751. The Balaban J connectivity index is 1.48. The Kier molecular flexibility index (Phi) is 4.04. The molecule has 2 aromatic carbocycles. The van der Waals surface area contributed by atoms with E-state index in [1.807, 2.05) is 24.3 Å². The second kappa shape index (κ2) is 6.51. The number of nitro groups is 1. The average molecular weight is 351 g/mol. The molecule has 0 radical (unpaired) electrons. The molecule has 1 aromatic heterocycles. The monoisotopic (exact) mass is 351 g/mol. The van der Waals surface area contributed by atoms with E-state index in [9.17, 15) is 14.9 Å². The number of nitrogens with one attached hydrogen (secondary N) is 1. The Hall–Kier alpha value is -3.35. The zero-order valence-corrected chi connectivity index (χ0v) is 14.0. The summed E-state index contributed by atoms with van der Waals surface area (Å²) in [6.45, 7) is 0.889. The molecule has 0 saturated carbocycles. The Morgan fingerprint density at radius 2 is 1.96 bits per heavy atom. The predicted octanol–water partition coefficient (Wildman–Crippen LogP) is 3.04. The molecule has 3 aromatic rings. The lowest BCUT2D eigenvalue weighted by Gasteiger charge is -2.27. The molecular formula is C19H17N3O4. The van der Waals surface area contributed by atoms with E-state index in [0.29, 0.717) is 13.1 Å². The van der Waals surface area contributed by atoms with Crippen LogP contribution in [-0.2, 0) is 17.8 Å². The van der Waals surface area contributed by atoms with E-state index >= 15 is 0 Å². The molecule has 26 heavy (non-hydrogen) atoms. The second-order valence-corrected chi connectivity index (χ2v) is 6.21. The Morgan fingerprint density at radius 3 is 2.81 bits per heavy atom. The predicted molar refractivity (Wildman–Crippen MR) is 96.0 cm³/mol. The van der Waals surface area contributed by atoms with Crippen molar-refractivity contribution in [1.29, 1.82) is 0 Å². The standard InChI is InChI=1S/C19H17N3O4/c23-19(12-26-18-8-4-3-7-17(18)22(24)25)21-10-9-16-14(11-21)13-5-1-2-6-15(13)20-16/h1-8,20H,9-12H2. The fourth-order valence-electron chi connectivity index (χ4n) is 3.34. The third-order valence-corrected chi connectivity index (χ3v) is 4.65. The Bertz CT molecular complexity index is 995. The van der Waals surface area contributed by atoms with Gasteiger partial charge in [0.1, 0.15) is 0 Å². The first kappa shape index (κ1) is 16.1. The number of aromatic amines is 1. The molecule has 7 heteroatoms. The Morgan fingerprint density at radius 1 is 1.19 bits per heavy atom. The van der Waals surface area contributed by atoms with Crippen LogP contribution in [0.15, 0.2) is 48.5 Å². The second-order valence-electron chi connectivity index (χ2n) is 6.21. The van der Waals surface area contributed by atoms with E-state index in [2.05, 4.69) is 4.98 Å². The van der Waals surface area contributed by atoms with Gasteiger partial charge < -0.3 is 14.6 Å². The molecule has 0 bridgehead atoms. The molecule has 0 saturated heterocycles. The number of rotatable bonds is 4. The maximum atomic E-state index is 12.5. The van der Waals surface area contributed by atoms with Gasteiger partial charge in [-0.2, -0.15) is 0 Å². The summed E-state index contributed by atoms with van der Waals surface area (Å²) in [5.41, 5.74) is 3.22. The molecule has 0 spiro atoms. The highest BCUT2D eigenvalue weighted by Crippen LogP contribution is 2.28. The minimum atomic E-state index is -0.515. The number of ether oxygens (including phenoxy) is 1. The van der Waals surface area contributed by atoms with Gasteiger partial charge in [-0.25, -0.2) is 0 Å². The maximum absolute atomic E-state index is 12.5. The first-order valence-electron chi connectivity index (χ1n) is 8.36. The molecular weight excluding hydrogens is 334 g/mol. The maximum Gasteiger partial charge on any atom is 0.310 e. The van der Waals surface area contributed by atoms with Crippen LogP contribution >= 0.6 is 0 Å². The smallest absolute Gasteiger partial charge is 0.310 e. The minimum Gasteiger partial charge on any atom is -0.477 e. The molecule has 4 rings (SSSR count). The average Bonchev–Trinajstić information content (AvgIpc) is 3.04. The van der Waals surface area contributed by atoms with Crippen molar-refractivity contribution in [2.75, 3.05) is 13.2 Å². The summed E-state index contributed by atoms with van der Waals surface area (Å²) in [6, 6.07) is 14.1. The van der Waals surface area contributed by atoms with Gasteiger partial charge in [0.25, 0.3) is 5.91 Å². The third-order valence-electron chi connectivity index (χ3n) is 4.65. The lowest BCUT2D eigenvalue weighted by Crippen LogP contribution is -2.38. The van der Waals surface area contributed by atoms with Crippen LogP contribution in [0.3, 0.4) is 0 Å². The number of nitro benzene ring substituents is 1. The van der Waals surface area contributed by atoms with Gasteiger partial charge in [0.2, 0.25) is 0 Å². The summed E-state index contributed by atoms with van der Waals surface area (Å²) < 4.78 is 5.43. The zero-order chi connectivity index (χ0) is 18.1. The van der Waals surface area contributed by atoms with E-state index in [0.717, 1.165) is 28.6 Å². The molecule has 132 valence electrons. The van der Waals surface area contributed by atoms with Crippen molar-refractivity contribution in [3.05, 3.63) is 69.9 Å². The Labute approximate surface area is 149 Å². The number of carbonyl (C=O) groups is 1. The van der Waals surface area contributed by atoms with Gasteiger partial charge in [-0.3, -0.25) is 14.9 Å². The van der Waals surface area contributed by atoms with E-state index in [1.54, 1.807) is 17.0 Å². The summed E-state index contributed by atoms with van der Waals surface area (Å²) in [5, 5.41) is 12.2. The van der Waals surface area contributed by atoms with Crippen molar-refractivity contribution >= 4 is 22.5 Å². The quantitative estimate of drug-likeness (QED) is 0.578. The van der Waals surface area contributed by atoms with Gasteiger partial charge >= 0.3 is 5.69 Å². The van der Waals surface area contributed by atoms with Crippen LogP contribution in [0.5, 0.6) is 5.75 Å². The number of carbonyl (C=O) groups excluding carboxylic acids is 1. The summed E-state index contributed by atoms with van der Waals surface area (Å²) >= 11 is 0. The molecule has 1 N–H and O–H groups in total. The van der Waals surface area contributed by atoms with Crippen LogP contribution in [-0.4, -0.2) is 33.9 Å². The van der Waals surface area contributed by atoms with Gasteiger partial charge in [0.05, 0.1) is 4.92 Å². The largest absolute Gasteiger partial charge is 0.477 e. The zero-order valence-electron chi connectivity index (χ0n) is 14.0. The highest BCUT2D eigenvalue weighted by atomic mass is 16.6. The highest BCUT2D eigenvalue weighted by molar-refractivity contribution is 5.86.